The minimum absolute atomic E-state index is 0.285. The molecule has 1 fully saturated rings. The number of benzene rings is 1. The molecule has 3 rings (SSSR count). The lowest BCUT2D eigenvalue weighted by atomic mass is 10.2. The summed E-state index contributed by atoms with van der Waals surface area (Å²) in [6.45, 7) is 1.76. The smallest absolute Gasteiger partial charge is 0.307 e. The van der Waals surface area contributed by atoms with E-state index in [1.807, 2.05) is 0 Å². The summed E-state index contributed by atoms with van der Waals surface area (Å²) in [6, 6.07) is 5.67. The number of amides is 1. The van der Waals surface area contributed by atoms with Crippen LogP contribution in [0.4, 0.5) is 4.39 Å². The molecule has 2 N–H and O–H groups in total. The van der Waals surface area contributed by atoms with Crippen LogP contribution in [0.1, 0.15) is 24.4 Å². The third-order valence-electron chi connectivity index (χ3n) is 3.69. The van der Waals surface area contributed by atoms with Crippen LogP contribution < -0.4 is 5.32 Å². The van der Waals surface area contributed by atoms with Gasteiger partial charge in [-0.1, -0.05) is 23.5 Å². The summed E-state index contributed by atoms with van der Waals surface area (Å²) in [6.07, 6.45) is 0.374. The molecule has 3 atom stereocenters. The van der Waals surface area contributed by atoms with Gasteiger partial charge in [-0.25, -0.2) is 4.39 Å². The first-order chi connectivity index (χ1) is 11.0. The first-order valence-electron chi connectivity index (χ1n) is 7.08. The predicted octanol–water partition coefficient (Wildman–Crippen LogP) is 2.24. The summed E-state index contributed by atoms with van der Waals surface area (Å²) in [4.78, 5) is 22.7. The van der Waals surface area contributed by atoms with Crippen LogP contribution in [0.5, 0.6) is 0 Å². The highest BCUT2D eigenvalue weighted by Crippen LogP contribution is 2.39. The van der Waals surface area contributed by atoms with Crippen molar-refractivity contribution in [3.05, 3.63) is 35.1 Å². The number of nitrogens with one attached hydrogen (secondary N) is 1. The molecule has 1 saturated carbocycles. The molecule has 1 amide bonds. The lowest BCUT2D eigenvalue weighted by Gasteiger charge is -2.09. The van der Waals surface area contributed by atoms with E-state index in [1.165, 1.54) is 23.5 Å². The molecule has 8 heteroatoms. The molecule has 0 radical (unpaired) electrons. The third kappa shape index (κ3) is 3.37. The number of carbonyl (C=O) groups is 2. The topological polar surface area (TPSA) is 92.2 Å². The van der Waals surface area contributed by atoms with E-state index < -0.39 is 17.8 Å². The van der Waals surface area contributed by atoms with Crippen molar-refractivity contribution in [2.24, 2.45) is 11.8 Å². The first-order valence-corrected chi connectivity index (χ1v) is 7.90. The van der Waals surface area contributed by atoms with Crippen molar-refractivity contribution in [2.45, 2.75) is 19.4 Å². The number of carboxylic acid groups (broad SMARTS) is 1. The molecule has 1 aliphatic carbocycles. The van der Waals surface area contributed by atoms with E-state index in [-0.39, 0.29) is 17.8 Å². The van der Waals surface area contributed by atoms with Gasteiger partial charge < -0.3 is 10.4 Å². The zero-order valence-electron chi connectivity index (χ0n) is 12.2. The van der Waals surface area contributed by atoms with Gasteiger partial charge in [-0.15, -0.1) is 10.2 Å². The molecular formula is C15H14FN3O3S. The minimum Gasteiger partial charge on any atom is -0.481 e. The zero-order chi connectivity index (χ0) is 16.6. The van der Waals surface area contributed by atoms with Crippen molar-refractivity contribution in [3.8, 4) is 10.6 Å². The van der Waals surface area contributed by atoms with E-state index in [0.29, 0.717) is 22.0 Å². The average Bonchev–Trinajstić information content (AvgIpc) is 3.17. The minimum atomic E-state index is -0.942. The molecule has 0 bridgehead atoms. The Kier molecular flexibility index (Phi) is 4.08. The number of carbonyl (C=O) groups excluding carboxylic acids is 1. The Morgan fingerprint density at radius 3 is 2.83 bits per heavy atom. The highest BCUT2D eigenvalue weighted by molar-refractivity contribution is 7.14. The van der Waals surface area contributed by atoms with Gasteiger partial charge >= 0.3 is 5.97 Å². The maximum absolute atomic E-state index is 13.2. The Labute approximate surface area is 135 Å². The summed E-state index contributed by atoms with van der Waals surface area (Å²) >= 11 is 1.26. The Bertz CT molecular complexity index is 764. The SMILES string of the molecule is CC(NC(=O)[C@@H]1C[C@@H]1C(=O)O)c1nnc(-c2cccc(F)c2)s1. The van der Waals surface area contributed by atoms with Crippen LogP contribution in [0.2, 0.25) is 0 Å². The van der Waals surface area contributed by atoms with E-state index >= 15 is 0 Å². The summed E-state index contributed by atoms with van der Waals surface area (Å²) in [5.41, 5.74) is 0.625. The van der Waals surface area contributed by atoms with Crippen LogP contribution in [0.15, 0.2) is 24.3 Å². The molecule has 1 aromatic heterocycles. The summed E-state index contributed by atoms with van der Waals surface area (Å²) in [5.74, 6) is -2.63. The van der Waals surface area contributed by atoms with Gasteiger partial charge in [0.2, 0.25) is 5.91 Å². The maximum atomic E-state index is 13.2. The van der Waals surface area contributed by atoms with Crippen molar-refractivity contribution < 1.29 is 19.1 Å². The quantitative estimate of drug-likeness (QED) is 0.874. The molecule has 1 heterocycles. The maximum Gasteiger partial charge on any atom is 0.307 e. The van der Waals surface area contributed by atoms with Gasteiger partial charge in [0, 0.05) is 5.56 Å². The fourth-order valence-electron chi connectivity index (χ4n) is 2.29. The van der Waals surface area contributed by atoms with Crippen molar-refractivity contribution in [1.82, 2.24) is 15.5 Å². The van der Waals surface area contributed by atoms with E-state index in [2.05, 4.69) is 15.5 Å². The molecule has 23 heavy (non-hydrogen) atoms. The normalized spacial score (nSPS) is 20.8. The molecular weight excluding hydrogens is 321 g/mol. The lowest BCUT2D eigenvalue weighted by Crippen LogP contribution is -2.29. The molecule has 120 valence electrons. The molecule has 1 unspecified atom stereocenters. The number of aromatic nitrogens is 2. The molecule has 6 nitrogen and oxygen atoms in total. The van der Waals surface area contributed by atoms with Gasteiger partial charge in [0.05, 0.1) is 17.9 Å². The van der Waals surface area contributed by atoms with Crippen molar-refractivity contribution >= 4 is 23.2 Å². The highest BCUT2D eigenvalue weighted by atomic mass is 32.1. The fraction of sp³-hybridized carbons (Fsp3) is 0.333. The molecule has 0 aliphatic heterocycles. The van der Waals surface area contributed by atoms with E-state index in [4.69, 9.17) is 5.11 Å². The first kappa shape index (κ1) is 15.5. The standard InChI is InChI=1S/C15H14FN3O3S/c1-7(17-12(20)10-6-11(10)15(21)22)13-18-19-14(23-13)8-3-2-4-9(16)5-8/h2-5,7,10-11H,6H2,1H3,(H,17,20)(H,21,22)/t7?,10-,11+/m1/s1. The summed E-state index contributed by atoms with van der Waals surface area (Å²) < 4.78 is 13.2. The Hall–Kier alpha value is -2.35. The average molecular weight is 335 g/mol. The Morgan fingerprint density at radius 1 is 1.39 bits per heavy atom. The number of rotatable bonds is 5. The largest absolute Gasteiger partial charge is 0.481 e. The number of hydrogen-bond acceptors (Lipinski definition) is 5. The van der Waals surface area contributed by atoms with Gasteiger partial charge in [0.25, 0.3) is 0 Å². The van der Waals surface area contributed by atoms with Gasteiger partial charge in [-0.3, -0.25) is 9.59 Å². The van der Waals surface area contributed by atoms with Crippen LogP contribution in [-0.4, -0.2) is 27.2 Å². The monoisotopic (exact) mass is 335 g/mol. The number of aliphatic carboxylic acids is 1. The van der Waals surface area contributed by atoms with Crippen LogP contribution in [0.25, 0.3) is 10.6 Å². The van der Waals surface area contributed by atoms with Gasteiger partial charge in [0.1, 0.15) is 15.8 Å². The van der Waals surface area contributed by atoms with Crippen LogP contribution >= 0.6 is 11.3 Å². The molecule has 0 saturated heterocycles. The van der Waals surface area contributed by atoms with Crippen LogP contribution in [0.3, 0.4) is 0 Å². The molecule has 1 aromatic carbocycles. The molecule has 1 aliphatic rings. The summed E-state index contributed by atoms with van der Waals surface area (Å²) in [7, 11) is 0. The second kappa shape index (κ2) is 6.04. The number of hydrogen-bond donors (Lipinski definition) is 2. The molecule has 2 aromatic rings. The molecule has 0 spiro atoms. The van der Waals surface area contributed by atoms with Crippen LogP contribution in [-0.2, 0) is 9.59 Å². The number of carboxylic acids is 1. The third-order valence-corrected chi connectivity index (χ3v) is 4.84. The second-order valence-electron chi connectivity index (χ2n) is 5.47. The van der Waals surface area contributed by atoms with E-state index in [9.17, 15) is 14.0 Å². The second-order valence-corrected chi connectivity index (χ2v) is 6.48. The van der Waals surface area contributed by atoms with Gasteiger partial charge in [0.15, 0.2) is 0 Å². The van der Waals surface area contributed by atoms with E-state index in [0.717, 1.165) is 0 Å². The predicted molar refractivity (Wildman–Crippen MR) is 81.1 cm³/mol. The Balaban J connectivity index is 1.66. The number of nitrogens with zero attached hydrogens (tertiary/aromatic N) is 2. The fourth-order valence-corrected chi connectivity index (χ4v) is 3.13. The zero-order valence-corrected chi connectivity index (χ0v) is 13.0. The van der Waals surface area contributed by atoms with E-state index in [1.54, 1.807) is 19.1 Å². The van der Waals surface area contributed by atoms with Crippen LogP contribution in [0, 0.1) is 17.7 Å². The Morgan fingerprint density at radius 2 is 2.17 bits per heavy atom. The van der Waals surface area contributed by atoms with Gasteiger partial charge in [-0.05, 0) is 25.5 Å². The van der Waals surface area contributed by atoms with Gasteiger partial charge in [-0.2, -0.15) is 0 Å². The lowest BCUT2D eigenvalue weighted by molar-refractivity contribution is -0.140. The summed E-state index contributed by atoms with van der Waals surface area (Å²) in [5, 5.41) is 20.8. The van der Waals surface area contributed by atoms with Crippen molar-refractivity contribution in [2.75, 3.05) is 0 Å². The highest BCUT2D eigenvalue weighted by Gasteiger charge is 2.48. The van der Waals surface area contributed by atoms with Crippen molar-refractivity contribution in [1.29, 1.82) is 0 Å². The number of halogens is 1. The van der Waals surface area contributed by atoms with Crippen molar-refractivity contribution in [3.63, 3.8) is 0 Å².